The number of carbonyl (C=O) groups is 1. The van der Waals surface area contributed by atoms with Crippen LogP contribution in [0.4, 0.5) is 0 Å². The minimum atomic E-state index is -0.0707. The number of hydrogen-bond donors (Lipinski definition) is 2. The first-order valence-electron chi connectivity index (χ1n) is 9.67. The molecular formula is C21H25ClN4O. The van der Waals surface area contributed by atoms with E-state index in [1.807, 2.05) is 29.2 Å². The van der Waals surface area contributed by atoms with Crippen LogP contribution in [0.15, 0.2) is 42.5 Å². The van der Waals surface area contributed by atoms with Gasteiger partial charge in [-0.15, -0.1) is 0 Å². The molecule has 0 radical (unpaired) electrons. The van der Waals surface area contributed by atoms with E-state index in [1.54, 1.807) is 0 Å². The highest BCUT2D eigenvalue weighted by atomic mass is 35.5. The maximum Gasteiger partial charge on any atom is 0.241 e. The first-order valence-corrected chi connectivity index (χ1v) is 10.0. The fourth-order valence-electron chi connectivity index (χ4n) is 3.95. The number of hydrogen-bond acceptors (Lipinski definition) is 4. The summed E-state index contributed by atoms with van der Waals surface area (Å²) in [4.78, 5) is 19.4. The third-order valence-electron chi connectivity index (χ3n) is 5.52. The van der Waals surface area contributed by atoms with E-state index in [0.29, 0.717) is 5.92 Å². The monoisotopic (exact) mass is 384 g/mol. The molecule has 2 saturated heterocycles. The number of halogens is 1. The highest BCUT2D eigenvalue weighted by Crippen LogP contribution is 2.28. The van der Waals surface area contributed by atoms with E-state index in [-0.39, 0.29) is 11.9 Å². The molecule has 1 amide bonds. The summed E-state index contributed by atoms with van der Waals surface area (Å²) in [6.07, 6.45) is 3.54. The lowest BCUT2D eigenvalue weighted by Crippen LogP contribution is -2.48. The molecule has 2 aliphatic heterocycles. The molecule has 2 aliphatic rings. The molecule has 0 spiro atoms. The van der Waals surface area contributed by atoms with Crippen LogP contribution in [0.3, 0.4) is 0 Å². The Bertz CT molecular complexity index is 798. The van der Waals surface area contributed by atoms with E-state index in [9.17, 15) is 4.79 Å². The van der Waals surface area contributed by atoms with Gasteiger partial charge >= 0.3 is 0 Å². The number of nitrogens with one attached hydrogen (secondary N) is 2. The highest BCUT2D eigenvalue weighted by molar-refractivity contribution is 6.31. The molecule has 3 heterocycles. The van der Waals surface area contributed by atoms with Crippen LogP contribution in [-0.2, 0) is 11.2 Å². The Labute approximate surface area is 165 Å². The van der Waals surface area contributed by atoms with Crippen molar-refractivity contribution in [2.45, 2.75) is 37.6 Å². The molecule has 1 aromatic carbocycles. The van der Waals surface area contributed by atoms with Crippen molar-refractivity contribution in [3.05, 3.63) is 64.4 Å². The fraction of sp³-hybridized carbons (Fsp3) is 0.429. The van der Waals surface area contributed by atoms with Gasteiger partial charge in [-0.25, -0.2) is 5.43 Å². The van der Waals surface area contributed by atoms with Gasteiger partial charge in [-0.2, -0.15) is 0 Å². The number of benzene rings is 1. The zero-order chi connectivity index (χ0) is 18.6. The minimum absolute atomic E-state index is 0.0707. The van der Waals surface area contributed by atoms with Crippen molar-refractivity contribution in [1.29, 1.82) is 0 Å². The molecule has 1 aromatic heterocycles. The molecule has 0 aliphatic carbocycles. The molecule has 27 heavy (non-hydrogen) atoms. The van der Waals surface area contributed by atoms with Crippen LogP contribution < -0.4 is 10.9 Å². The van der Waals surface area contributed by atoms with E-state index in [1.165, 1.54) is 0 Å². The van der Waals surface area contributed by atoms with Gasteiger partial charge in [0.05, 0.1) is 0 Å². The van der Waals surface area contributed by atoms with Gasteiger partial charge in [0.25, 0.3) is 0 Å². The average molecular weight is 385 g/mol. The van der Waals surface area contributed by atoms with Crippen molar-refractivity contribution in [3.63, 3.8) is 0 Å². The number of likely N-dealkylation sites (tertiary alicyclic amines) is 1. The second-order valence-electron chi connectivity index (χ2n) is 7.33. The highest BCUT2D eigenvalue weighted by Gasteiger charge is 2.30. The molecule has 1 atom stereocenters. The van der Waals surface area contributed by atoms with Crippen LogP contribution in [0.2, 0.25) is 5.02 Å². The average Bonchev–Trinajstić information content (AvgIpc) is 3.24. The zero-order valence-electron chi connectivity index (χ0n) is 15.3. The lowest BCUT2D eigenvalue weighted by atomic mass is 9.92. The van der Waals surface area contributed by atoms with Crippen molar-refractivity contribution in [2.24, 2.45) is 0 Å². The van der Waals surface area contributed by atoms with Crippen LogP contribution in [-0.4, -0.2) is 41.5 Å². The van der Waals surface area contributed by atoms with Gasteiger partial charge in [-0.3, -0.25) is 15.2 Å². The summed E-state index contributed by atoms with van der Waals surface area (Å²) < 4.78 is 0. The van der Waals surface area contributed by atoms with E-state index >= 15 is 0 Å². The van der Waals surface area contributed by atoms with Gasteiger partial charge in [0.1, 0.15) is 6.04 Å². The predicted octanol–water partition coefficient (Wildman–Crippen LogP) is 2.90. The number of carbonyl (C=O) groups excluding carboxylic acids is 1. The van der Waals surface area contributed by atoms with Gasteiger partial charge in [0.2, 0.25) is 5.91 Å². The molecule has 0 saturated carbocycles. The first-order chi connectivity index (χ1) is 13.2. The largest absolute Gasteiger partial charge is 0.341 e. The zero-order valence-corrected chi connectivity index (χ0v) is 16.1. The van der Waals surface area contributed by atoms with Crippen molar-refractivity contribution in [1.82, 2.24) is 20.7 Å². The Balaban J connectivity index is 1.38. The summed E-state index contributed by atoms with van der Waals surface area (Å²) in [6, 6.07) is 14.1. The Morgan fingerprint density at radius 2 is 1.93 bits per heavy atom. The molecular weight excluding hydrogens is 360 g/mol. The first kappa shape index (κ1) is 18.4. The lowest BCUT2D eigenvalue weighted by Gasteiger charge is -2.33. The normalized spacial score (nSPS) is 20.8. The topological polar surface area (TPSA) is 57.3 Å². The maximum atomic E-state index is 12.5. The van der Waals surface area contributed by atoms with E-state index in [2.05, 4.69) is 29.1 Å². The number of pyridine rings is 1. The molecule has 2 fully saturated rings. The summed E-state index contributed by atoms with van der Waals surface area (Å²) >= 11 is 6.29. The summed E-state index contributed by atoms with van der Waals surface area (Å²) in [7, 11) is 0. The Morgan fingerprint density at radius 3 is 2.67 bits per heavy atom. The van der Waals surface area contributed by atoms with Gasteiger partial charge < -0.3 is 4.90 Å². The number of piperidine rings is 1. The summed E-state index contributed by atoms with van der Waals surface area (Å²) in [5, 5.41) is 0.784. The molecule has 2 N–H and O–H groups in total. The molecule has 5 nitrogen and oxygen atoms in total. The summed E-state index contributed by atoms with van der Waals surface area (Å²) in [5.41, 5.74) is 9.38. The summed E-state index contributed by atoms with van der Waals surface area (Å²) in [6.45, 7) is 2.46. The molecule has 1 unspecified atom stereocenters. The second-order valence-corrected chi connectivity index (χ2v) is 7.74. The van der Waals surface area contributed by atoms with Crippen molar-refractivity contribution < 1.29 is 4.79 Å². The van der Waals surface area contributed by atoms with Gasteiger partial charge in [0.15, 0.2) is 0 Å². The van der Waals surface area contributed by atoms with Gasteiger partial charge in [-0.1, -0.05) is 35.9 Å². The van der Waals surface area contributed by atoms with Crippen LogP contribution >= 0.6 is 11.6 Å². The smallest absolute Gasteiger partial charge is 0.241 e. The molecule has 2 aromatic rings. The number of rotatable bonds is 4. The van der Waals surface area contributed by atoms with Crippen LogP contribution in [0, 0.1) is 0 Å². The molecule has 6 heteroatoms. The Hall–Kier alpha value is -1.95. The van der Waals surface area contributed by atoms with Crippen LogP contribution in [0.25, 0.3) is 0 Å². The Kier molecular flexibility index (Phi) is 5.72. The van der Waals surface area contributed by atoms with Crippen molar-refractivity contribution in [3.8, 4) is 0 Å². The lowest BCUT2D eigenvalue weighted by molar-refractivity contribution is -0.134. The number of amides is 1. The van der Waals surface area contributed by atoms with Crippen molar-refractivity contribution >= 4 is 17.5 Å². The molecule has 142 valence electrons. The fourth-order valence-corrected chi connectivity index (χ4v) is 4.15. The standard InChI is InChI=1S/C21H25ClN4O/c22-18-6-2-1-4-16(18)14-17-5-3-7-19(24-17)15-9-12-26(13-10-15)21(27)20-8-11-23-25-20/h1-7,15,20,23,25H,8-14H2. The molecule has 4 rings (SSSR count). The van der Waals surface area contributed by atoms with Crippen LogP contribution in [0.1, 0.15) is 42.1 Å². The second kappa shape index (κ2) is 8.38. The Morgan fingerprint density at radius 1 is 1.11 bits per heavy atom. The third kappa shape index (κ3) is 4.32. The number of hydrazine groups is 1. The number of aromatic nitrogens is 1. The maximum absolute atomic E-state index is 12.5. The van der Waals surface area contributed by atoms with Gasteiger partial charge in [-0.05, 0) is 43.0 Å². The molecule has 0 bridgehead atoms. The van der Waals surface area contributed by atoms with E-state index in [4.69, 9.17) is 16.6 Å². The van der Waals surface area contributed by atoms with Crippen LogP contribution in [0.5, 0.6) is 0 Å². The van der Waals surface area contributed by atoms with Crippen molar-refractivity contribution in [2.75, 3.05) is 19.6 Å². The van der Waals surface area contributed by atoms with Gasteiger partial charge in [0, 0.05) is 48.4 Å². The quantitative estimate of drug-likeness (QED) is 0.851. The van der Waals surface area contributed by atoms with E-state index in [0.717, 1.165) is 67.3 Å². The minimum Gasteiger partial charge on any atom is -0.341 e. The summed E-state index contributed by atoms with van der Waals surface area (Å²) in [5.74, 6) is 0.633. The SMILES string of the molecule is O=C(C1CCNN1)N1CCC(c2cccc(Cc3ccccc3Cl)n2)CC1. The predicted molar refractivity (Wildman–Crippen MR) is 107 cm³/mol. The third-order valence-corrected chi connectivity index (χ3v) is 5.88. The number of nitrogens with zero attached hydrogens (tertiary/aromatic N) is 2. The van der Waals surface area contributed by atoms with E-state index < -0.39 is 0 Å².